The van der Waals surface area contributed by atoms with Crippen LogP contribution in [0.1, 0.15) is 17.4 Å². The van der Waals surface area contributed by atoms with Gasteiger partial charge in [0.1, 0.15) is 12.2 Å². The maximum atomic E-state index is 11.6. The average molecular weight is 287 g/mol. The van der Waals surface area contributed by atoms with E-state index in [2.05, 4.69) is 31.0 Å². The Balaban J connectivity index is 2.54. The van der Waals surface area contributed by atoms with Crippen LogP contribution in [0.2, 0.25) is 0 Å². The molecular formula is C10H11BrN2O3. The number of rotatable bonds is 4. The van der Waals surface area contributed by atoms with E-state index >= 15 is 0 Å². The van der Waals surface area contributed by atoms with Crippen LogP contribution in [-0.2, 0) is 9.53 Å². The molecule has 1 amide bonds. The second-order valence-corrected chi connectivity index (χ2v) is 3.68. The minimum atomic E-state index is -0.470. The largest absolute Gasteiger partial charge is 0.465 e. The lowest BCUT2D eigenvalue weighted by molar-refractivity contribution is -0.141. The summed E-state index contributed by atoms with van der Waals surface area (Å²) in [7, 11) is 0. The molecule has 1 heterocycles. The standard InChI is InChI=1S/C10H11BrN2O3/c1-2-16-8(14)6-13-10(15)9-7(11)4-3-5-12-9/h3-5H,2,6H2,1H3,(H,13,15). The van der Waals surface area contributed by atoms with Crippen molar-refractivity contribution in [3.63, 3.8) is 0 Å². The van der Waals surface area contributed by atoms with E-state index in [1.165, 1.54) is 6.20 Å². The Morgan fingerprint density at radius 2 is 2.31 bits per heavy atom. The Kier molecular flexibility index (Phi) is 4.91. The minimum absolute atomic E-state index is 0.157. The van der Waals surface area contributed by atoms with Crippen molar-refractivity contribution in [3.8, 4) is 0 Å². The van der Waals surface area contributed by atoms with Gasteiger partial charge >= 0.3 is 5.97 Å². The zero-order valence-corrected chi connectivity index (χ0v) is 10.3. The SMILES string of the molecule is CCOC(=O)CNC(=O)c1ncccc1Br. The molecule has 0 aliphatic heterocycles. The van der Waals surface area contributed by atoms with E-state index in [9.17, 15) is 9.59 Å². The Morgan fingerprint density at radius 3 is 2.94 bits per heavy atom. The molecule has 1 rings (SSSR count). The van der Waals surface area contributed by atoms with Crippen LogP contribution in [0.15, 0.2) is 22.8 Å². The van der Waals surface area contributed by atoms with Crippen molar-refractivity contribution in [2.45, 2.75) is 6.92 Å². The van der Waals surface area contributed by atoms with E-state index in [0.717, 1.165) is 0 Å². The van der Waals surface area contributed by atoms with Gasteiger partial charge in [-0.15, -0.1) is 0 Å². The lowest BCUT2D eigenvalue weighted by Crippen LogP contribution is -2.31. The number of carbonyl (C=O) groups is 2. The number of hydrogen-bond donors (Lipinski definition) is 1. The van der Waals surface area contributed by atoms with Crippen LogP contribution in [0.3, 0.4) is 0 Å². The molecule has 16 heavy (non-hydrogen) atoms. The number of esters is 1. The van der Waals surface area contributed by atoms with Gasteiger partial charge in [0.05, 0.1) is 6.61 Å². The summed E-state index contributed by atoms with van der Waals surface area (Å²) in [4.78, 5) is 26.4. The fourth-order valence-corrected chi connectivity index (χ4v) is 1.44. The molecule has 0 unspecified atom stereocenters. The molecule has 0 atom stereocenters. The van der Waals surface area contributed by atoms with Crippen molar-refractivity contribution in [2.24, 2.45) is 0 Å². The summed E-state index contributed by atoms with van der Waals surface area (Å²) < 4.78 is 5.25. The monoisotopic (exact) mass is 286 g/mol. The normalized spacial score (nSPS) is 9.62. The molecule has 0 spiro atoms. The lowest BCUT2D eigenvalue weighted by atomic mass is 10.3. The number of amides is 1. The van der Waals surface area contributed by atoms with Gasteiger partial charge in [-0.05, 0) is 35.0 Å². The minimum Gasteiger partial charge on any atom is -0.465 e. The van der Waals surface area contributed by atoms with E-state index in [-0.39, 0.29) is 12.2 Å². The second kappa shape index (κ2) is 6.22. The van der Waals surface area contributed by atoms with Crippen molar-refractivity contribution in [3.05, 3.63) is 28.5 Å². The Morgan fingerprint density at radius 1 is 1.56 bits per heavy atom. The number of carbonyl (C=O) groups excluding carboxylic acids is 2. The molecule has 1 aromatic rings. The maximum Gasteiger partial charge on any atom is 0.325 e. The van der Waals surface area contributed by atoms with Crippen LogP contribution < -0.4 is 5.32 Å². The second-order valence-electron chi connectivity index (χ2n) is 2.82. The molecule has 0 saturated carbocycles. The van der Waals surface area contributed by atoms with E-state index in [1.807, 2.05) is 0 Å². The first-order valence-corrected chi connectivity index (χ1v) is 5.48. The Labute approximate surface area is 101 Å². The molecule has 5 nitrogen and oxygen atoms in total. The summed E-state index contributed by atoms with van der Waals surface area (Å²) in [5.74, 6) is -0.886. The number of hydrogen-bond acceptors (Lipinski definition) is 4. The molecule has 1 aromatic heterocycles. The number of nitrogens with one attached hydrogen (secondary N) is 1. The number of pyridine rings is 1. The predicted octanol–water partition coefficient (Wildman–Crippen LogP) is 1.14. The first kappa shape index (κ1) is 12.6. The van der Waals surface area contributed by atoms with Crippen LogP contribution >= 0.6 is 15.9 Å². The summed E-state index contributed by atoms with van der Waals surface area (Å²) in [5.41, 5.74) is 0.242. The zero-order chi connectivity index (χ0) is 12.0. The topological polar surface area (TPSA) is 68.3 Å². The van der Waals surface area contributed by atoms with Gasteiger partial charge in [-0.3, -0.25) is 9.59 Å². The maximum absolute atomic E-state index is 11.6. The molecular weight excluding hydrogens is 276 g/mol. The molecule has 0 bridgehead atoms. The molecule has 0 aliphatic carbocycles. The fourth-order valence-electron chi connectivity index (χ4n) is 1.00. The van der Waals surface area contributed by atoms with Crippen LogP contribution in [0, 0.1) is 0 Å². The summed E-state index contributed by atoms with van der Waals surface area (Å²) in [6, 6.07) is 3.40. The van der Waals surface area contributed by atoms with Crippen LogP contribution in [0.25, 0.3) is 0 Å². The molecule has 0 aromatic carbocycles. The molecule has 0 aliphatic rings. The zero-order valence-electron chi connectivity index (χ0n) is 8.70. The molecule has 0 saturated heterocycles. The van der Waals surface area contributed by atoms with Crippen LogP contribution in [0.4, 0.5) is 0 Å². The highest BCUT2D eigenvalue weighted by Gasteiger charge is 2.12. The summed E-state index contributed by atoms with van der Waals surface area (Å²) in [6.45, 7) is 1.84. The Bertz CT molecular complexity index is 395. The lowest BCUT2D eigenvalue weighted by Gasteiger charge is -2.05. The summed E-state index contributed by atoms with van der Waals surface area (Å²) in [6.07, 6.45) is 1.50. The summed E-state index contributed by atoms with van der Waals surface area (Å²) >= 11 is 3.20. The van der Waals surface area contributed by atoms with Gasteiger partial charge < -0.3 is 10.1 Å². The van der Waals surface area contributed by atoms with Crippen molar-refractivity contribution >= 4 is 27.8 Å². The first-order chi connectivity index (χ1) is 7.65. The van der Waals surface area contributed by atoms with Crippen LogP contribution in [-0.4, -0.2) is 30.0 Å². The van der Waals surface area contributed by atoms with E-state index < -0.39 is 11.9 Å². The number of ether oxygens (including phenoxy) is 1. The first-order valence-electron chi connectivity index (χ1n) is 4.69. The number of nitrogens with zero attached hydrogens (tertiary/aromatic N) is 1. The van der Waals surface area contributed by atoms with Crippen molar-refractivity contribution in [2.75, 3.05) is 13.2 Å². The smallest absolute Gasteiger partial charge is 0.325 e. The molecule has 1 N–H and O–H groups in total. The van der Waals surface area contributed by atoms with Gasteiger partial charge in [0, 0.05) is 10.7 Å². The van der Waals surface area contributed by atoms with Gasteiger partial charge in [-0.2, -0.15) is 0 Å². The van der Waals surface area contributed by atoms with Crippen molar-refractivity contribution in [1.29, 1.82) is 0 Å². The van der Waals surface area contributed by atoms with Gasteiger partial charge in [-0.1, -0.05) is 0 Å². The third kappa shape index (κ3) is 3.62. The van der Waals surface area contributed by atoms with Crippen molar-refractivity contribution in [1.82, 2.24) is 10.3 Å². The molecule has 0 fully saturated rings. The highest BCUT2D eigenvalue weighted by molar-refractivity contribution is 9.10. The number of aromatic nitrogens is 1. The molecule has 86 valence electrons. The highest BCUT2D eigenvalue weighted by Crippen LogP contribution is 2.12. The van der Waals surface area contributed by atoms with E-state index in [1.54, 1.807) is 19.1 Å². The third-order valence-electron chi connectivity index (χ3n) is 1.67. The summed E-state index contributed by atoms with van der Waals surface area (Å²) in [5, 5.41) is 2.42. The Hall–Kier alpha value is -1.43. The van der Waals surface area contributed by atoms with E-state index in [0.29, 0.717) is 11.1 Å². The highest BCUT2D eigenvalue weighted by atomic mass is 79.9. The fraction of sp³-hybridized carbons (Fsp3) is 0.300. The molecule has 6 heteroatoms. The van der Waals surface area contributed by atoms with Crippen LogP contribution in [0.5, 0.6) is 0 Å². The predicted molar refractivity (Wildman–Crippen MR) is 60.9 cm³/mol. The van der Waals surface area contributed by atoms with Gasteiger partial charge in [0.2, 0.25) is 0 Å². The van der Waals surface area contributed by atoms with Gasteiger partial charge in [-0.25, -0.2) is 4.98 Å². The molecule has 0 radical (unpaired) electrons. The van der Waals surface area contributed by atoms with E-state index in [4.69, 9.17) is 0 Å². The van der Waals surface area contributed by atoms with Gasteiger partial charge in [0.15, 0.2) is 0 Å². The third-order valence-corrected chi connectivity index (χ3v) is 2.31. The van der Waals surface area contributed by atoms with Crippen molar-refractivity contribution < 1.29 is 14.3 Å². The average Bonchev–Trinajstić information content (AvgIpc) is 2.27. The quantitative estimate of drug-likeness (QED) is 0.843. The number of halogens is 1. The van der Waals surface area contributed by atoms with Gasteiger partial charge in [0.25, 0.3) is 5.91 Å².